The van der Waals surface area contributed by atoms with Gasteiger partial charge in [0.05, 0.1) is 11.4 Å². The zero-order chi connectivity index (χ0) is 18.1. The second-order valence-corrected chi connectivity index (χ2v) is 6.33. The minimum Gasteiger partial charge on any atom is -0.265 e. The van der Waals surface area contributed by atoms with Gasteiger partial charge in [-0.25, -0.2) is 14.4 Å². The molecule has 6 heteroatoms. The number of benzene rings is 1. The topological polar surface area (TPSA) is 63.4 Å². The molecule has 5 nitrogen and oxygen atoms in total. The van der Waals surface area contributed by atoms with E-state index in [0.717, 1.165) is 28.1 Å². The van der Waals surface area contributed by atoms with E-state index in [0.29, 0.717) is 5.82 Å². The van der Waals surface area contributed by atoms with Gasteiger partial charge in [-0.3, -0.25) is 4.98 Å². The summed E-state index contributed by atoms with van der Waals surface area (Å²) >= 11 is 0. The molecule has 2 aromatic heterocycles. The van der Waals surface area contributed by atoms with Crippen molar-refractivity contribution in [2.24, 2.45) is 10.2 Å². The van der Waals surface area contributed by atoms with Crippen molar-refractivity contribution in [1.82, 2.24) is 15.0 Å². The van der Waals surface area contributed by atoms with Crippen molar-refractivity contribution in [2.75, 3.05) is 0 Å². The molecule has 0 saturated carbocycles. The van der Waals surface area contributed by atoms with Crippen molar-refractivity contribution < 1.29 is 4.39 Å². The van der Waals surface area contributed by atoms with Crippen molar-refractivity contribution in [3.63, 3.8) is 0 Å². The lowest BCUT2D eigenvalue weighted by Crippen LogP contribution is -2.18. The maximum Gasteiger partial charge on any atom is 0.162 e. The summed E-state index contributed by atoms with van der Waals surface area (Å²) in [5.41, 5.74) is 3.46. The van der Waals surface area contributed by atoms with E-state index in [1.807, 2.05) is 32.1 Å². The van der Waals surface area contributed by atoms with Crippen LogP contribution in [0.1, 0.15) is 19.7 Å². The predicted molar refractivity (Wildman–Crippen MR) is 96.6 cm³/mol. The van der Waals surface area contributed by atoms with Gasteiger partial charge in [0.25, 0.3) is 0 Å². The first-order chi connectivity index (χ1) is 12.5. The predicted octanol–water partition coefficient (Wildman–Crippen LogP) is 4.93. The summed E-state index contributed by atoms with van der Waals surface area (Å²) in [7, 11) is 0. The Balaban J connectivity index is 1.90. The Kier molecular flexibility index (Phi) is 3.88. The van der Waals surface area contributed by atoms with E-state index in [2.05, 4.69) is 20.2 Å². The zero-order valence-corrected chi connectivity index (χ0v) is 14.4. The van der Waals surface area contributed by atoms with Crippen LogP contribution in [0.4, 0.5) is 4.39 Å². The molecule has 1 aromatic carbocycles. The van der Waals surface area contributed by atoms with Gasteiger partial charge in [-0.15, -0.1) is 0 Å². The van der Waals surface area contributed by atoms with Gasteiger partial charge in [-0.2, -0.15) is 10.2 Å². The number of halogens is 1. The SMILES string of the molecule is CC1=CC(C)(c2ncc(-c3ccc(F)cc3)c(-c3ccncc3)n2)N=N1. The average molecular weight is 345 g/mol. The van der Waals surface area contributed by atoms with Gasteiger partial charge < -0.3 is 0 Å². The van der Waals surface area contributed by atoms with Crippen molar-refractivity contribution in [1.29, 1.82) is 0 Å². The van der Waals surface area contributed by atoms with E-state index in [-0.39, 0.29) is 5.82 Å². The molecule has 0 spiro atoms. The van der Waals surface area contributed by atoms with Crippen molar-refractivity contribution in [3.05, 3.63) is 78.4 Å². The molecule has 0 aliphatic carbocycles. The molecule has 0 fully saturated rings. The molecule has 128 valence electrons. The zero-order valence-electron chi connectivity index (χ0n) is 14.4. The number of aromatic nitrogens is 3. The summed E-state index contributed by atoms with van der Waals surface area (Å²) < 4.78 is 13.3. The summed E-state index contributed by atoms with van der Waals surface area (Å²) in [6.45, 7) is 3.82. The number of azo groups is 1. The molecule has 0 radical (unpaired) electrons. The number of hydrogen-bond donors (Lipinski definition) is 0. The van der Waals surface area contributed by atoms with Crippen LogP contribution in [0.2, 0.25) is 0 Å². The normalized spacial score (nSPS) is 18.8. The Hall–Kier alpha value is -3.28. The molecule has 0 amide bonds. The molecule has 1 atom stereocenters. The Bertz CT molecular complexity index is 1010. The smallest absolute Gasteiger partial charge is 0.162 e. The van der Waals surface area contributed by atoms with Crippen LogP contribution in [0, 0.1) is 5.82 Å². The molecule has 4 rings (SSSR count). The minimum atomic E-state index is -0.687. The second kappa shape index (κ2) is 6.22. The van der Waals surface area contributed by atoms with Crippen LogP contribution >= 0.6 is 0 Å². The minimum absolute atomic E-state index is 0.281. The van der Waals surface area contributed by atoms with Gasteiger partial charge in [0.15, 0.2) is 11.4 Å². The first-order valence-electron chi connectivity index (χ1n) is 8.21. The Morgan fingerprint density at radius 2 is 1.69 bits per heavy atom. The molecule has 0 bridgehead atoms. The van der Waals surface area contributed by atoms with Crippen LogP contribution in [0.25, 0.3) is 22.4 Å². The number of nitrogens with zero attached hydrogens (tertiary/aromatic N) is 5. The molecule has 1 unspecified atom stereocenters. The summed E-state index contributed by atoms with van der Waals surface area (Å²) in [6, 6.07) is 10.1. The highest BCUT2D eigenvalue weighted by atomic mass is 19.1. The van der Waals surface area contributed by atoms with Crippen LogP contribution < -0.4 is 0 Å². The standard InChI is InChI=1S/C20H16FN5/c1-13-11-20(2,26-25-13)19-23-12-17(14-3-5-16(21)6-4-14)18(24-19)15-7-9-22-10-8-15/h3-12H,1-2H3. The van der Waals surface area contributed by atoms with Crippen molar-refractivity contribution >= 4 is 0 Å². The van der Waals surface area contributed by atoms with E-state index in [9.17, 15) is 4.39 Å². The van der Waals surface area contributed by atoms with E-state index < -0.39 is 5.54 Å². The van der Waals surface area contributed by atoms with Gasteiger partial charge >= 0.3 is 0 Å². The largest absolute Gasteiger partial charge is 0.265 e. The number of allylic oxidation sites excluding steroid dienone is 1. The van der Waals surface area contributed by atoms with Gasteiger partial charge in [0, 0.05) is 29.7 Å². The molecular formula is C20H16FN5. The van der Waals surface area contributed by atoms with Crippen molar-refractivity contribution in [2.45, 2.75) is 19.4 Å². The Morgan fingerprint density at radius 3 is 2.35 bits per heavy atom. The lowest BCUT2D eigenvalue weighted by atomic mass is 9.98. The van der Waals surface area contributed by atoms with Crippen LogP contribution in [0.5, 0.6) is 0 Å². The molecule has 3 aromatic rings. The molecule has 1 aliphatic rings. The molecule has 0 N–H and O–H groups in total. The number of rotatable bonds is 3. The van der Waals surface area contributed by atoms with Gasteiger partial charge in [0.2, 0.25) is 0 Å². The van der Waals surface area contributed by atoms with Crippen LogP contribution in [-0.2, 0) is 5.54 Å². The maximum absolute atomic E-state index is 13.3. The van der Waals surface area contributed by atoms with Gasteiger partial charge in [0.1, 0.15) is 5.82 Å². The fraction of sp³-hybridized carbons (Fsp3) is 0.150. The lowest BCUT2D eigenvalue weighted by Gasteiger charge is -2.17. The summed E-state index contributed by atoms with van der Waals surface area (Å²) in [4.78, 5) is 13.4. The first kappa shape index (κ1) is 16.2. The molecule has 26 heavy (non-hydrogen) atoms. The monoisotopic (exact) mass is 345 g/mol. The maximum atomic E-state index is 13.3. The average Bonchev–Trinajstić information content (AvgIpc) is 3.03. The molecule has 0 saturated heterocycles. The van der Waals surface area contributed by atoms with Crippen molar-refractivity contribution in [3.8, 4) is 22.4 Å². The highest BCUT2D eigenvalue weighted by Crippen LogP contribution is 2.35. The first-order valence-corrected chi connectivity index (χ1v) is 8.21. The van der Waals surface area contributed by atoms with Gasteiger partial charge in [-0.1, -0.05) is 12.1 Å². The van der Waals surface area contributed by atoms with E-state index in [1.54, 1.807) is 30.7 Å². The highest BCUT2D eigenvalue weighted by molar-refractivity contribution is 5.80. The third kappa shape index (κ3) is 2.90. The second-order valence-electron chi connectivity index (χ2n) is 6.33. The summed E-state index contributed by atoms with van der Waals surface area (Å²) in [6.07, 6.45) is 7.13. The van der Waals surface area contributed by atoms with E-state index in [1.165, 1.54) is 12.1 Å². The summed E-state index contributed by atoms with van der Waals surface area (Å²) in [5, 5.41) is 8.43. The van der Waals surface area contributed by atoms with Crippen LogP contribution in [-0.4, -0.2) is 15.0 Å². The Labute approximate surface area is 150 Å². The fourth-order valence-corrected chi connectivity index (χ4v) is 2.95. The molecule has 1 aliphatic heterocycles. The third-order valence-corrected chi connectivity index (χ3v) is 4.26. The molecular weight excluding hydrogens is 329 g/mol. The summed E-state index contributed by atoms with van der Waals surface area (Å²) in [5.74, 6) is 0.284. The third-order valence-electron chi connectivity index (χ3n) is 4.26. The van der Waals surface area contributed by atoms with Gasteiger partial charge in [-0.05, 0) is 49.8 Å². The quantitative estimate of drug-likeness (QED) is 0.676. The number of hydrogen-bond acceptors (Lipinski definition) is 5. The Morgan fingerprint density at radius 1 is 0.962 bits per heavy atom. The fourth-order valence-electron chi connectivity index (χ4n) is 2.95. The lowest BCUT2D eigenvalue weighted by molar-refractivity contribution is 0.575. The van der Waals surface area contributed by atoms with Crippen LogP contribution in [0.15, 0.2) is 77.0 Å². The van der Waals surface area contributed by atoms with E-state index >= 15 is 0 Å². The van der Waals surface area contributed by atoms with Crippen LogP contribution in [0.3, 0.4) is 0 Å². The highest BCUT2D eigenvalue weighted by Gasteiger charge is 2.32. The van der Waals surface area contributed by atoms with E-state index in [4.69, 9.17) is 4.98 Å². The number of pyridine rings is 1. The molecule has 3 heterocycles.